The molecule has 2 unspecified atom stereocenters. The molecule has 0 amide bonds. The predicted octanol–water partition coefficient (Wildman–Crippen LogP) is 3.44. The number of rotatable bonds is 4. The molecule has 0 radical (unpaired) electrons. The number of aromatic nitrogens is 2. The first-order valence-corrected chi connectivity index (χ1v) is 7.34. The highest BCUT2D eigenvalue weighted by atomic mass is 35.5. The van der Waals surface area contributed by atoms with E-state index in [4.69, 9.17) is 27.9 Å². The molecule has 1 aromatic heterocycles. The highest BCUT2D eigenvalue weighted by molar-refractivity contribution is 6.31. The third kappa shape index (κ3) is 2.28. The van der Waals surface area contributed by atoms with Crippen LogP contribution in [0, 0.1) is 12.3 Å². The molecule has 5 heteroatoms. The molecule has 2 rings (SSSR count). The molecule has 0 saturated carbocycles. The number of halogens is 2. The Hall–Kier alpha value is -0.250. The summed E-state index contributed by atoms with van der Waals surface area (Å²) >= 11 is 12.6. The van der Waals surface area contributed by atoms with Crippen LogP contribution in [-0.4, -0.2) is 28.4 Å². The summed E-state index contributed by atoms with van der Waals surface area (Å²) < 4.78 is 7.68. The fourth-order valence-corrected chi connectivity index (χ4v) is 3.29. The first-order chi connectivity index (χ1) is 8.54. The number of hydrogen-bond acceptors (Lipinski definition) is 2. The molecule has 3 nitrogen and oxygen atoms in total. The highest BCUT2D eigenvalue weighted by Crippen LogP contribution is 2.41. The van der Waals surface area contributed by atoms with Crippen LogP contribution in [0.25, 0.3) is 0 Å². The van der Waals surface area contributed by atoms with Crippen LogP contribution in [0.15, 0.2) is 0 Å². The van der Waals surface area contributed by atoms with E-state index in [2.05, 4.69) is 18.9 Å². The van der Waals surface area contributed by atoms with Gasteiger partial charge in [-0.2, -0.15) is 5.10 Å². The van der Waals surface area contributed by atoms with E-state index in [1.54, 1.807) is 0 Å². The van der Waals surface area contributed by atoms with Crippen molar-refractivity contribution in [1.29, 1.82) is 0 Å². The van der Waals surface area contributed by atoms with E-state index in [9.17, 15) is 0 Å². The van der Waals surface area contributed by atoms with Gasteiger partial charge in [0.2, 0.25) is 0 Å². The molecule has 0 aliphatic carbocycles. The summed E-state index contributed by atoms with van der Waals surface area (Å²) in [6, 6.07) is 0. The number of nitrogens with zero attached hydrogens (tertiary/aromatic N) is 2. The lowest BCUT2D eigenvalue weighted by molar-refractivity contribution is 0.0726. The van der Waals surface area contributed by atoms with E-state index in [-0.39, 0.29) is 11.5 Å². The van der Waals surface area contributed by atoms with Gasteiger partial charge >= 0.3 is 0 Å². The lowest BCUT2D eigenvalue weighted by Crippen LogP contribution is -2.34. The molecule has 2 atom stereocenters. The zero-order valence-corrected chi connectivity index (χ0v) is 12.7. The summed E-state index contributed by atoms with van der Waals surface area (Å²) in [5.74, 6) is 0.596. The zero-order chi connectivity index (χ0) is 13.3. The first-order valence-electron chi connectivity index (χ1n) is 6.43. The number of ether oxygens (including phenoxy) is 1. The second kappa shape index (κ2) is 5.40. The van der Waals surface area contributed by atoms with E-state index in [0.717, 1.165) is 42.4 Å². The van der Waals surface area contributed by atoms with Crippen LogP contribution < -0.4 is 0 Å². The Morgan fingerprint density at radius 3 is 2.78 bits per heavy atom. The number of alkyl halides is 1. The molecule has 1 aliphatic heterocycles. The van der Waals surface area contributed by atoms with Gasteiger partial charge in [-0.15, -0.1) is 11.6 Å². The van der Waals surface area contributed by atoms with Gasteiger partial charge in [0, 0.05) is 30.9 Å². The lowest BCUT2D eigenvalue weighted by Gasteiger charge is -2.30. The Morgan fingerprint density at radius 1 is 1.56 bits per heavy atom. The maximum absolute atomic E-state index is 6.37. The van der Waals surface area contributed by atoms with Crippen LogP contribution in [0.3, 0.4) is 0 Å². The van der Waals surface area contributed by atoms with Gasteiger partial charge in [0.1, 0.15) is 0 Å². The molecule has 0 spiro atoms. The minimum absolute atomic E-state index is 0.00934. The summed E-state index contributed by atoms with van der Waals surface area (Å²) in [7, 11) is 0. The number of hydrogen-bond donors (Lipinski definition) is 0. The summed E-state index contributed by atoms with van der Waals surface area (Å²) in [6.07, 6.45) is 2.00. The van der Waals surface area contributed by atoms with Gasteiger partial charge < -0.3 is 4.74 Å². The minimum Gasteiger partial charge on any atom is -0.378 e. The van der Waals surface area contributed by atoms with Crippen molar-refractivity contribution in [1.82, 2.24) is 9.78 Å². The van der Waals surface area contributed by atoms with Gasteiger partial charge in [-0.3, -0.25) is 4.68 Å². The maximum atomic E-state index is 6.37. The van der Waals surface area contributed by atoms with E-state index in [1.165, 1.54) is 0 Å². The highest BCUT2D eigenvalue weighted by Gasteiger charge is 2.42. The van der Waals surface area contributed by atoms with Gasteiger partial charge in [0.15, 0.2) is 0 Å². The average molecular weight is 291 g/mol. The van der Waals surface area contributed by atoms with Crippen LogP contribution in [-0.2, 0) is 17.7 Å². The Kier molecular flexibility index (Phi) is 4.25. The topological polar surface area (TPSA) is 27.1 Å². The summed E-state index contributed by atoms with van der Waals surface area (Å²) in [5, 5.41) is 5.24. The maximum Gasteiger partial charge on any atom is 0.0847 e. The fraction of sp³-hybridized carbons (Fsp3) is 0.769. The second-order valence-corrected chi connectivity index (χ2v) is 5.74. The average Bonchev–Trinajstić information content (AvgIpc) is 2.85. The molecule has 18 heavy (non-hydrogen) atoms. The molecule has 1 saturated heterocycles. The van der Waals surface area contributed by atoms with Crippen LogP contribution in [0.4, 0.5) is 0 Å². The first kappa shape index (κ1) is 14.2. The molecule has 102 valence electrons. The summed E-state index contributed by atoms with van der Waals surface area (Å²) in [4.78, 5) is 0. The fourth-order valence-electron chi connectivity index (χ4n) is 2.65. The minimum atomic E-state index is -0.00934. The number of aryl methyl sites for hydroxylation is 2. The molecular weight excluding hydrogens is 271 g/mol. The van der Waals surface area contributed by atoms with Crippen molar-refractivity contribution in [3.63, 3.8) is 0 Å². The normalized spacial score (nSPS) is 27.9. The molecule has 1 fully saturated rings. The molecule has 0 aromatic carbocycles. The van der Waals surface area contributed by atoms with E-state index in [0.29, 0.717) is 5.88 Å². The SMILES string of the molecule is CCn1nc(C)c(Cl)c1CC1(CCl)CCOC1C. The summed E-state index contributed by atoms with van der Waals surface area (Å²) in [5.41, 5.74) is 1.98. The Balaban J connectivity index is 2.33. The zero-order valence-electron chi connectivity index (χ0n) is 11.2. The van der Waals surface area contributed by atoms with E-state index < -0.39 is 0 Å². The van der Waals surface area contributed by atoms with E-state index >= 15 is 0 Å². The van der Waals surface area contributed by atoms with Gasteiger partial charge in [0.25, 0.3) is 0 Å². The molecule has 0 bridgehead atoms. The van der Waals surface area contributed by atoms with Crippen LogP contribution in [0.5, 0.6) is 0 Å². The monoisotopic (exact) mass is 290 g/mol. The van der Waals surface area contributed by atoms with Gasteiger partial charge in [-0.05, 0) is 27.2 Å². The van der Waals surface area contributed by atoms with Gasteiger partial charge in [-0.25, -0.2) is 0 Å². The van der Waals surface area contributed by atoms with Gasteiger partial charge in [-0.1, -0.05) is 11.6 Å². The van der Waals surface area contributed by atoms with Gasteiger partial charge in [0.05, 0.1) is 22.5 Å². The summed E-state index contributed by atoms with van der Waals surface area (Å²) in [6.45, 7) is 7.73. The molecule has 2 heterocycles. The molecule has 0 N–H and O–H groups in total. The quantitative estimate of drug-likeness (QED) is 0.795. The lowest BCUT2D eigenvalue weighted by atomic mass is 9.79. The van der Waals surface area contributed by atoms with Crippen molar-refractivity contribution >= 4 is 23.2 Å². The third-order valence-electron chi connectivity index (χ3n) is 4.07. The smallest absolute Gasteiger partial charge is 0.0847 e. The third-order valence-corrected chi connectivity index (χ3v) is 5.09. The molecular formula is C13H20Cl2N2O. The largest absolute Gasteiger partial charge is 0.378 e. The van der Waals surface area contributed by atoms with Crippen molar-refractivity contribution < 1.29 is 4.74 Å². The van der Waals surface area contributed by atoms with Crippen LogP contribution in [0.2, 0.25) is 5.02 Å². The molecule has 1 aromatic rings. The Morgan fingerprint density at radius 2 is 2.28 bits per heavy atom. The van der Waals surface area contributed by atoms with Crippen molar-refractivity contribution in [2.75, 3.05) is 12.5 Å². The molecule has 1 aliphatic rings. The Labute approximate surface area is 118 Å². The van der Waals surface area contributed by atoms with Crippen molar-refractivity contribution in [2.24, 2.45) is 5.41 Å². The Bertz CT molecular complexity index is 433. The van der Waals surface area contributed by atoms with Crippen LogP contribution >= 0.6 is 23.2 Å². The second-order valence-electron chi connectivity index (χ2n) is 5.10. The van der Waals surface area contributed by atoms with Crippen molar-refractivity contribution in [2.45, 2.75) is 46.3 Å². The van der Waals surface area contributed by atoms with Crippen molar-refractivity contribution in [3.05, 3.63) is 16.4 Å². The predicted molar refractivity (Wildman–Crippen MR) is 74.5 cm³/mol. The van der Waals surface area contributed by atoms with Crippen LogP contribution in [0.1, 0.15) is 31.7 Å². The van der Waals surface area contributed by atoms with E-state index in [1.807, 2.05) is 11.6 Å². The van der Waals surface area contributed by atoms with Crippen molar-refractivity contribution in [3.8, 4) is 0 Å². The standard InChI is InChI=1S/C13H20Cl2N2O/c1-4-17-11(12(15)9(2)16-17)7-13(8-14)5-6-18-10(13)3/h10H,4-8H2,1-3H3.